The van der Waals surface area contributed by atoms with Crippen molar-refractivity contribution in [3.8, 4) is 11.8 Å². The monoisotopic (exact) mass is 444 g/mol. The summed E-state index contributed by atoms with van der Waals surface area (Å²) in [5, 5.41) is 12.5. The van der Waals surface area contributed by atoms with Crippen molar-refractivity contribution in [2.45, 2.75) is 27.4 Å². The maximum atomic E-state index is 12.9. The number of thiophene rings is 1. The van der Waals surface area contributed by atoms with E-state index in [1.54, 1.807) is 31.2 Å². The number of carbonyl (C=O) groups is 1. The average Bonchev–Trinajstić information content (AvgIpc) is 3.11. The van der Waals surface area contributed by atoms with Gasteiger partial charge < -0.3 is 15.0 Å². The van der Waals surface area contributed by atoms with Gasteiger partial charge in [-0.25, -0.2) is 4.98 Å². The highest BCUT2D eigenvalue weighted by molar-refractivity contribution is 7.20. The molecular formula is C24H20N4O3S. The number of para-hydroxylation sites is 1. The fourth-order valence-electron chi connectivity index (χ4n) is 3.44. The van der Waals surface area contributed by atoms with Gasteiger partial charge in [-0.1, -0.05) is 29.8 Å². The number of nitriles is 1. The van der Waals surface area contributed by atoms with E-state index < -0.39 is 0 Å². The van der Waals surface area contributed by atoms with E-state index in [-0.39, 0.29) is 18.1 Å². The van der Waals surface area contributed by atoms with Crippen molar-refractivity contribution >= 4 is 33.1 Å². The van der Waals surface area contributed by atoms with E-state index in [4.69, 9.17) is 4.74 Å². The average molecular weight is 445 g/mol. The topological polar surface area (TPSA) is 108 Å². The Kier molecular flexibility index (Phi) is 5.75. The number of nitrogens with zero attached hydrogens (tertiary/aromatic N) is 2. The number of ether oxygens (including phenoxy) is 1. The third-order valence-electron chi connectivity index (χ3n) is 5.06. The van der Waals surface area contributed by atoms with Gasteiger partial charge in [-0.15, -0.1) is 11.3 Å². The van der Waals surface area contributed by atoms with Gasteiger partial charge in [-0.3, -0.25) is 9.59 Å². The zero-order chi connectivity index (χ0) is 22.8. The van der Waals surface area contributed by atoms with Crippen LogP contribution in [0.15, 0.2) is 47.3 Å². The molecule has 0 fully saturated rings. The van der Waals surface area contributed by atoms with Crippen LogP contribution >= 0.6 is 11.3 Å². The van der Waals surface area contributed by atoms with E-state index in [0.29, 0.717) is 37.8 Å². The fourth-order valence-corrected chi connectivity index (χ4v) is 4.53. The van der Waals surface area contributed by atoms with Crippen LogP contribution in [0, 0.1) is 32.1 Å². The molecule has 0 spiro atoms. The van der Waals surface area contributed by atoms with Crippen molar-refractivity contribution < 1.29 is 9.53 Å². The molecule has 0 aliphatic rings. The minimum atomic E-state index is -0.332. The van der Waals surface area contributed by atoms with E-state index in [1.165, 1.54) is 11.3 Å². The number of aromatic nitrogens is 2. The summed E-state index contributed by atoms with van der Waals surface area (Å²) in [6.07, 6.45) is 0. The summed E-state index contributed by atoms with van der Waals surface area (Å²) in [5.41, 5.74) is 3.45. The Morgan fingerprint density at radius 3 is 2.75 bits per heavy atom. The van der Waals surface area contributed by atoms with E-state index in [0.717, 1.165) is 16.8 Å². The predicted octanol–water partition coefficient (Wildman–Crippen LogP) is 4.61. The Bertz CT molecular complexity index is 1450. The molecule has 0 radical (unpaired) electrons. The largest absolute Gasteiger partial charge is 0.484 e. The molecule has 0 atom stereocenters. The maximum Gasteiger partial charge on any atom is 0.266 e. The molecule has 4 aromatic rings. The van der Waals surface area contributed by atoms with Gasteiger partial charge in [0.15, 0.2) is 0 Å². The zero-order valence-electron chi connectivity index (χ0n) is 17.8. The molecular weight excluding hydrogens is 424 g/mol. The third kappa shape index (κ3) is 4.11. The molecule has 0 saturated heterocycles. The zero-order valence-corrected chi connectivity index (χ0v) is 18.6. The SMILES string of the molecule is Cc1ccc(NC(=O)c2sc3nc(COc4ccccc4C#N)[nH]c(=O)c3c2C)c(C)c1. The number of rotatable bonds is 5. The number of nitrogens with one attached hydrogen (secondary N) is 2. The molecule has 1 amide bonds. The van der Waals surface area contributed by atoms with Crippen molar-refractivity contribution in [3.05, 3.63) is 85.8 Å². The number of fused-ring (bicyclic) bond motifs is 1. The first-order valence-electron chi connectivity index (χ1n) is 9.90. The molecule has 4 rings (SSSR count). The summed E-state index contributed by atoms with van der Waals surface area (Å²) in [6, 6.07) is 14.7. The van der Waals surface area contributed by atoms with Gasteiger partial charge in [-0.2, -0.15) is 5.26 Å². The molecule has 0 saturated carbocycles. The summed E-state index contributed by atoms with van der Waals surface area (Å²) >= 11 is 1.17. The number of benzene rings is 2. The van der Waals surface area contributed by atoms with Crippen LogP contribution in [0.4, 0.5) is 5.69 Å². The number of carbonyl (C=O) groups excluding carboxylic acids is 1. The van der Waals surface area contributed by atoms with Gasteiger partial charge in [0.25, 0.3) is 11.5 Å². The highest BCUT2D eigenvalue weighted by Crippen LogP contribution is 2.28. The van der Waals surface area contributed by atoms with Crippen molar-refractivity contribution in [2.24, 2.45) is 0 Å². The first kappa shape index (κ1) is 21.3. The van der Waals surface area contributed by atoms with E-state index in [2.05, 4.69) is 21.4 Å². The Labute approximate surface area is 188 Å². The van der Waals surface area contributed by atoms with E-state index in [1.807, 2.05) is 32.0 Å². The van der Waals surface area contributed by atoms with Crippen molar-refractivity contribution in [1.29, 1.82) is 5.26 Å². The smallest absolute Gasteiger partial charge is 0.266 e. The Hall–Kier alpha value is -3.96. The lowest BCUT2D eigenvalue weighted by Gasteiger charge is -2.08. The molecule has 0 bridgehead atoms. The molecule has 0 aliphatic heterocycles. The minimum absolute atomic E-state index is 0.00902. The minimum Gasteiger partial charge on any atom is -0.484 e. The van der Waals surface area contributed by atoms with Crippen LogP contribution in [0.2, 0.25) is 0 Å². The summed E-state index contributed by atoms with van der Waals surface area (Å²) in [4.78, 5) is 33.7. The second-order valence-corrected chi connectivity index (χ2v) is 8.42. The Balaban J connectivity index is 1.62. The molecule has 0 aliphatic carbocycles. The van der Waals surface area contributed by atoms with Crippen LogP contribution in [0.5, 0.6) is 5.75 Å². The Morgan fingerprint density at radius 1 is 1.22 bits per heavy atom. The van der Waals surface area contributed by atoms with Gasteiger partial charge in [0, 0.05) is 5.69 Å². The first-order valence-corrected chi connectivity index (χ1v) is 10.7. The van der Waals surface area contributed by atoms with E-state index in [9.17, 15) is 14.9 Å². The fraction of sp³-hybridized carbons (Fsp3) is 0.167. The number of aromatic amines is 1. The van der Waals surface area contributed by atoms with Gasteiger partial charge in [0.05, 0.1) is 15.8 Å². The Morgan fingerprint density at radius 2 is 2.00 bits per heavy atom. The molecule has 8 heteroatoms. The van der Waals surface area contributed by atoms with Crippen LogP contribution in [-0.2, 0) is 6.61 Å². The van der Waals surface area contributed by atoms with Gasteiger partial charge in [-0.05, 0) is 50.1 Å². The molecule has 7 nitrogen and oxygen atoms in total. The summed E-state index contributed by atoms with van der Waals surface area (Å²) in [7, 11) is 0. The quantitative estimate of drug-likeness (QED) is 0.467. The number of aryl methyl sites for hydroxylation is 3. The number of hydrogen-bond acceptors (Lipinski definition) is 6. The second-order valence-electron chi connectivity index (χ2n) is 7.42. The number of hydrogen-bond donors (Lipinski definition) is 2. The molecule has 2 N–H and O–H groups in total. The normalized spacial score (nSPS) is 10.7. The lowest BCUT2D eigenvalue weighted by Crippen LogP contribution is -2.14. The van der Waals surface area contributed by atoms with Crippen LogP contribution < -0.4 is 15.6 Å². The maximum absolute atomic E-state index is 12.9. The highest BCUT2D eigenvalue weighted by Gasteiger charge is 2.20. The van der Waals surface area contributed by atoms with Gasteiger partial charge >= 0.3 is 0 Å². The van der Waals surface area contributed by atoms with Crippen LogP contribution in [-0.4, -0.2) is 15.9 Å². The lowest BCUT2D eigenvalue weighted by atomic mass is 10.1. The number of H-pyrrole nitrogens is 1. The highest BCUT2D eigenvalue weighted by atomic mass is 32.1. The standard InChI is InChI=1S/C24H20N4O3S/c1-13-8-9-17(14(2)10-13)26-23(30)21-15(3)20-22(29)27-19(28-24(20)32-21)12-31-18-7-5-4-6-16(18)11-25/h4-10H,12H2,1-3H3,(H,26,30)(H,27,28,29). The van der Waals surface area contributed by atoms with Gasteiger partial charge in [0.2, 0.25) is 0 Å². The number of amides is 1. The first-order chi connectivity index (χ1) is 15.4. The van der Waals surface area contributed by atoms with Crippen LogP contribution in [0.3, 0.4) is 0 Å². The summed E-state index contributed by atoms with van der Waals surface area (Å²) < 4.78 is 5.67. The molecule has 2 heterocycles. The van der Waals surface area contributed by atoms with Crippen molar-refractivity contribution in [2.75, 3.05) is 5.32 Å². The van der Waals surface area contributed by atoms with Gasteiger partial charge in [0.1, 0.15) is 29.1 Å². The molecule has 2 aromatic heterocycles. The van der Waals surface area contributed by atoms with Crippen molar-refractivity contribution in [1.82, 2.24) is 9.97 Å². The van der Waals surface area contributed by atoms with Crippen LogP contribution in [0.1, 0.15) is 37.7 Å². The van der Waals surface area contributed by atoms with E-state index >= 15 is 0 Å². The summed E-state index contributed by atoms with van der Waals surface area (Å²) in [5.74, 6) is 0.448. The molecule has 32 heavy (non-hydrogen) atoms. The van der Waals surface area contributed by atoms with Crippen molar-refractivity contribution in [3.63, 3.8) is 0 Å². The molecule has 160 valence electrons. The predicted molar refractivity (Wildman–Crippen MR) is 124 cm³/mol. The van der Waals surface area contributed by atoms with Crippen LogP contribution in [0.25, 0.3) is 10.2 Å². The molecule has 2 aromatic carbocycles. The third-order valence-corrected chi connectivity index (χ3v) is 6.24. The molecule has 0 unspecified atom stereocenters. The lowest BCUT2D eigenvalue weighted by molar-refractivity contribution is 0.103. The summed E-state index contributed by atoms with van der Waals surface area (Å²) in [6.45, 7) is 5.66. The second kappa shape index (κ2) is 8.65. The number of anilines is 1.